The lowest BCUT2D eigenvalue weighted by molar-refractivity contribution is -0.419. The number of carbonyl (C=O) groups excluding carboxylic acids is 1. The van der Waals surface area contributed by atoms with Crippen LogP contribution in [0.4, 0.5) is 0 Å². The predicted molar refractivity (Wildman–Crippen MR) is 72.3 cm³/mol. The van der Waals surface area contributed by atoms with E-state index in [1.54, 1.807) is 25.1 Å². The number of rotatable bonds is 5. The first-order valence-electron chi connectivity index (χ1n) is 5.36. The summed E-state index contributed by atoms with van der Waals surface area (Å²) in [7, 11) is 1.51. The van der Waals surface area contributed by atoms with Gasteiger partial charge in [-0.25, -0.2) is 4.79 Å². The number of benzene rings is 1. The number of nitrogens with zero attached hydrogens (tertiary/aromatic N) is 1. The van der Waals surface area contributed by atoms with Crippen LogP contribution in [0.3, 0.4) is 0 Å². The van der Waals surface area contributed by atoms with Gasteiger partial charge in [0.05, 0.1) is 18.6 Å². The maximum Gasteiger partial charge on any atom is 0.409 e. The molecule has 0 aliphatic heterocycles. The van der Waals surface area contributed by atoms with Crippen LogP contribution in [0.25, 0.3) is 6.08 Å². The number of methoxy groups -OCH3 is 1. The Balaban J connectivity index is 3.15. The highest BCUT2D eigenvalue weighted by atomic mass is 79.9. The molecule has 0 unspecified atom stereocenters. The summed E-state index contributed by atoms with van der Waals surface area (Å²) < 4.78 is 10.2. The van der Waals surface area contributed by atoms with E-state index in [1.165, 1.54) is 7.11 Å². The molecule has 0 heterocycles. The number of esters is 1. The molecule has 0 saturated heterocycles. The summed E-state index contributed by atoms with van der Waals surface area (Å²) in [6.45, 7) is 1.66. The summed E-state index contributed by atoms with van der Waals surface area (Å²) in [6, 6.07) is 4.89. The molecule has 1 aromatic carbocycles. The fraction of sp³-hybridized carbons (Fsp3) is 0.250. The van der Waals surface area contributed by atoms with Crippen LogP contribution in [-0.2, 0) is 9.53 Å². The highest BCUT2D eigenvalue weighted by molar-refractivity contribution is 9.10. The van der Waals surface area contributed by atoms with Crippen molar-refractivity contribution in [3.63, 3.8) is 0 Å². The summed E-state index contributed by atoms with van der Waals surface area (Å²) in [5.74, 6) is -0.363. The number of hydrogen-bond donors (Lipinski definition) is 0. The molecule has 0 saturated carbocycles. The number of hydrogen-bond acceptors (Lipinski definition) is 5. The molecule has 0 bridgehead atoms. The molecule has 0 aromatic heterocycles. The van der Waals surface area contributed by atoms with Crippen LogP contribution in [0.2, 0.25) is 0 Å². The molecule has 0 amide bonds. The van der Waals surface area contributed by atoms with Crippen molar-refractivity contribution in [3.8, 4) is 5.75 Å². The van der Waals surface area contributed by atoms with Crippen molar-refractivity contribution >= 4 is 28.0 Å². The molecular formula is C12H12BrNO5. The molecule has 0 aliphatic carbocycles. The average molecular weight is 330 g/mol. The fourth-order valence-electron chi connectivity index (χ4n) is 1.29. The molecule has 0 aliphatic rings. The highest BCUT2D eigenvalue weighted by Crippen LogP contribution is 2.25. The Morgan fingerprint density at radius 3 is 2.68 bits per heavy atom. The van der Waals surface area contributed by atoms with E-state index < -0.39 is 16.6 Å². The standard InChI is InChI=1S/C12H12BrNO5/c1-3-19-12(15)11(14(16)17)6-8-4-5-9(18-2)7-10(8)13/h4-7H,3H2,1-2H3/b11-6-. The van der Waals surface area contributed by atoms with Crippen molar-refractivity contribution in [3.05, 3.63) is 44.0 Å². The van der Waals surface area contributed by atoms with Crippen LogP contribution >= 0.6 is 15.9 Å². The first kappa shape index (κ1) is 15.2. The molecule has 0 spiro atoms. The van der Waals surface area contributed by atoms with Gasteiger partial charge in [0, 0.05) is 10.5 Å². The lowest BCUT2D eigenvalue weighted by atomic mass is 10.2. The number of nitro groups is 1. The molecule has 0 atom stereocenters. The number of carbonyl (C=O) groups is 1. The van der Waals surface area contributed by atoms with Gasteiger partial charge in [0.15, 0.2) is 0 Å². The second-order valence-corrected chi connectivity index (χ2v) is 4.25. The number of halogens is 1. The zero-order valence-electron chi connectivity index (χ0n) is 10.4. The third-order valence-electron chi connectivity index (χ3n) is 2.18. The van der Waals surface area contributed by atoms with Crippen LogP contribution in [0.15, 0.2) is 28.4 Å². The first-order valence-corrected chi connectivity index (χ1v) is 6.15. The summed E-state index contributed by atoms with van der Waals surface area (Å²) in [5, 5.41) is 10.9. The molecule has 0 radical (unpaired) electrons. The van der Waals surface area contributed by atoms with Crippen LogP contribution < -0.4 is 4.74 Å². The van der Waals surface area contributed by atoms with Gasteiger partial charge in [0.25, 0.3) is 0 Å². The Kier molecular flexibility index (Phi) is 5.50. The van der Waals surface area contributed by atoms with Gasteiger partial charge in [0.1, 0.15) is 5.75 Å². The van der Waals surface area contributed by atoms with Crippen molar-refractivity contribution in [2.75, 3.05) is 13.7 Å². The SMILES string of the molecule is CCOC(=O)/C(=C/c1ccc(OC)cc1Br)[N+](=O)[O-]. The second-order valence-electron chi connectivity index (χ2n) is 3.39. The zero-order valence-corrected chi connectivity index (χ0v) is 12.0. The van der Waals surface area contributed by atoms with Crippen molar-refractivity contribution in [2.45, 2.75) is 6.92 Å². The lowest BCUT2D eigenvalue weighted by Gasteiger charge is -2.03. The summed E-state index contributed by atoms with van der Waals surface area (Å²) in [5.41, 5.74) is -0.131. The van der Waals surface area contributed by atoms with Gasteiger partial charge in [-0.15, -0.1) is 0 Å². The van der Waals surface area contributed by atoms with Gasteiger partial charge in [0.2, 0.25) is 0 Å². The molecule has 1 rings (SSSR count). The molecule has 0 N–H and O–H groups in total. The third-order valence-corrected chi connectivity index (χ3v) is 2.87. The lowest BCUT2D eigenvalue weighted by Crippen LogP contribution is -2.14. The Morgan fingerprint density at radius 1 is 1.53 bits per heavy atom. The van der Waals surface area contributed by atoms with E-state index in [9.17, 15) is 14.9 Å². The van der Waals surface area contributed by atoms with Crippen molar-refractivity contribution in [2.24, 2.45) is 0 Å². The topological polar surface area (TPSA) is 78.7 Å². The summed E-state index contributed by atoms with van der Waals surface area (Å²) >= 11 is 3.25. The Labute approximate surface area is 118 Å². The zero-order chi connectivity index (χ0) is 14.4. The van der Waals surface area contributed by atoms with Gasteiger partial charge in [-0.05, 0) is 30.7 Å². The largest absolute Gasteiger partial charge is 0.497 e. The minimum atomic E-state index is -0.963. The number of ether oxygens (including phenoxy) is 2. The minimum Gasteiger partial charge on any atom is -0.497 e. The van der Waals surface area contributed by atoms with Crippen molar-refractivity contribution in [1.29, 1.82) is 0 Å². The predicted octanol–water partition coefficient (Wildman–Crippen LogP) is 2.64. The molecule has 102 valence electrons. The normalized spacial score (nSPS) is 11.0. The third kappa shape index (κ3) is 4.06. The minimum absolute atomic E-state index is 0.0772. The van der Waals surface area contributed by atoms with Gasteiger partial charge in [-0.1, -0.05) is 15.9 Å². The van der Waals surface area contributed by atoms with Crippen LogP contribution in [0.5, 0.6) is 5.75 Å². The Morgan fingerprint density at radius 2 is 2.21 bits per heavy atom. The van der Waals surface area contributed by atoms with E-state index in [-0.39, 0.29) is 6.61 Å². The average Bonchev–Trinajstić information content (AvgIpc) is 2.36. The molecular weight excluding hydrogens is 318 g/mol. The molecule has 19 heavy (non-hydrogen) atoms. The van der Waals surface area contributed by atoms with Gasteiger partial charge in [-0.3, -0.25) is 10.1 Å². The molecule has 6 nitrogen and oxygen atoms in total. The van der Waals surface area contributed by atoms with Crippen LogP contribution in [0.1, 0.15) is 12.5 Å². The fourth-order valence-corrected chi connectivity index (χ4v) is 1.76. The maximum absolute atomic E-state index is 11.5. The van der Waals surface area contributed by atoms with E-state index in [1.807, 2.05) is 0 Å². The van der Waals surface area contributed by atoms with E-state index in [2.05, 4.69) is 20.7 Å². The smallest absolute Gasteiger partial charge is 0.409 e. The monoisotopic (exact) mass is 329 g/mol. The maximum atomic E-state index is 11.5. The van der Waals surface area contributed by atoms with E-state index in [0.29, 0.717) is 15.8 Å². The van der Waals surface area contributed by atoms with Gasteiger partial charge < -0.3 is 9.47 Å². The molecule has 1 aromatic rings. The Bertz CT molecular complexity index is 527. The van der Waals surface area contributed by atoms with Gasteiger partial charge >= 0.3 is 11.7 Å². The first-order chi connectivity index (χ1) is 8.99. The summed E-state index contributed by atoms with van der Waals surface area (Å²) in [6.07, 6.45) is 1.15. The quantitative estimate of drug-likeness (QED) is 0.359. The molecule has 7 heteroatoms. The van der Waals surface area contributed by atoms with Crippen molar-refractivity contribution < 1.29 is 19.2 Å². The van der Waals surface area contributed by atoms with E-state index in [4.69, 9.17) is 4.74 Å². The van der Waals surface area contributed by atoms with Crippen LogP contribution in [-0.4, -0.2) is 24.6 Å². The van der Waals surface area contributed by atoms with Crippen molar-refractivity contribution in [1.82, 2.24) is 0 Å². The Hall–Kier alpha value is -1.89. The second kappa shape index (κ2) is 6.89. The van der Waals surface area contributed by atoms with E-state index in [0.717, 1.165) is 6.08 Å². The van der Waals surface area contributed by atoms with E-state index >= 15 is 0 Å². The molecule has 0 fully saturated rings. The van der Waals surface area contributed by atoms with Crippen LogP contribution in [0, 0.1) is 10.1 Å². The highest BCUT2D eigenvalue weighted by Gasteiger charge is 2.23. The summed E-state index contributed by atoms with van der Waals surface area (Å²) in [4.78, 5) is 21.5. The van der Waals surface area contributed by atoms with Gasteiger partial charge in [-0.2, -0.15) is 0 Å².